The van der Waals surface area contributed by atoms with Gasteiger partial charge in [0.25, 0.3) is 5.56 Å². The van der Waals surface area contributed by atoms with Crippen LogP contribution < -0.4 is 10.3 Å². The van der Waals surface area contributed by atoms with Crippen LogP contribution in [-0.2, 0) is 6.54 Å². The smallest absolute Gasteiger partial charge is 0.265 e. The highest BCUT2D eigenvalue weighted by Crippen LogP contribution is 2.26. The van der Waals surface area contributed by atoms with Crippen LogP contribution in [0.1, 0.15) is 18.3 Å². The summed E-state index contributed by atoms with van der Waals surface area (Å²) in [6, 6.07) is 19.8. The predicted molar refractivity (Wildman–Crippen MR) is 127 cm³/mol. The van der Waals surface area contributed by atoms with Crippen molar-refractivity contribution < 1.29 is 9.84 Å². The molecular weight excluding hydrogens is 418 g/mol. The molecule has 0 amide bonds. The molecular formula is C25H21N5O3. The van der Waals surface area contributed by atoms with Gasteiger partial charge >= 0.3 is 0 Å². The summed E-state index contributed by atoms with van der Waals surface area (Å²) in [7, 11) is 0. The van der Waals surface area contributed by atoms with Gasteiger partial charge in [-0.1, -0.05) is 24.3 Å². The van der Waals surface area contributed by atoms with Crippen molar-refractivity contribution in [1.82, 2.24) is 19.2 Å². The summed E-state index contributed by atoms with van der Waals surface area (Å²) in [5, 5.41) is 20.6. The quantitative estimate of drug-likeness (QED) is 0.407. The first-order valence-electron chi connectivity index (χ1n) is 10.6. The van der Waals surface area contributed by atoms with Crippen LogP contribution in [0.5, 0.6) is 11.6 Å². The SMILES string of the molecule is CCOc1ccc(-n2c(O)c(C=NCc3nnc4ccccn34)c3ccccc3c2=O)cc1. The fraction of sp³-hybridized carbons (Fsp3) is 0.120. The van der Waals surface area contributed by atoms with E-state index < -0.39 is 0 Å². The third-order valence-electron chi connectivity index (χ3n) is 5.35. The first-order valence-corrected chi connectivity index (χ1v) is 10.6. The number of nitrogens with zero attached hydrogens (tertiary/aromatic N) is 5. The van der Waals surface area contributed by atoms with Crippen molar-refractivity contribution in [2.24, 2.45) is 4.99 Å². The molecule has 33 heavy (non-hydrogen) atoms. The number of hydrogen-bond acceptors (Lipinski definition) is 6. The van der Waals surface area contributed by atoms with Crippen molar-refractivity contribution in [3.05, 3.63) is 94.7 Å². The highest BCUT2D eigenvalue weighted by molar-refractivity contribution is 6.01. The van der Waals surface area contributed by atoms with Gasteiger partial charge in [0.15, 0.2) is 11.5 Å². The Morgan fingerprint density at radius 2 is 1.76 bits per heavy atom. The van der Waals surface area contributed by atoms with Gasteiger partial charge in [0.05, 0.1) is 24.4 Å². The average Bonchev–Trinajstić information content (AvgIpc) is 3.26. The minimum absolute atomic E-state index is 0.183. The van der Waals surface area contributed by atoms with Gasteiger partial charge in [0.1, 0.15) is 5.75 Å². The molecule has 5 aromatic rings. The van der Waals surface area contributed by atoms with Crippen LogP contribution in [-0.4, -0.2) is 37.1 Å². The lowest BCUT2D eigenvalue weighted by Crippen LogP contribution is -2.20. The van der Waals surface area contributed by atoms with Crippen molar-refractivity contribution >= 4 is 22.6 Å². The molecule has 0 radical (unpaired) electrons. The molecule has 0 fully saturated rings. The van der Waals surface area contributed by atoms with E-state index in [2.05, 4.69) is 15.2 Å². The highest BCUT2D eigenvalue weighted by atomic mass is 16.5. The lowest BCUT2D eigenvalue weighted by atomic mass is 10.1. The first-order chi connectivity index (χ1) is 16.2. The molecule has 0 aliphatic carbocycles. The third kappa shape index (κ3) is 3.71. The number of fused-ring (bicyclic) bond motifs is 2. The zero-order chi connectivity index (χ0) is 22.8. The molecule has 2 aromatic carbocycles. The zero-order valence-corrected chi connectivity index (χ0v) is 17.9. The molecule has 5 rings (SSSR count). The summed E-state index contributed by atoms with van der Waals surface area (Å²) >= 11 is 0. The molecule has 1 N–H and O–H groups in total. The minimum atomic E-state index is -0.312. The molecule has 0 unspecified atom stereocenters. The number of aromatic nitrogens is 4. The van der Waals surface area contributed by atoms with E-state index in [4.69, 9.17) is 4.74 Å². The molecule has 164 valence electrons. The molecule has 8 heteroatoms. The summed E-state index contributed by atoms with van der Waals surface area (Å²) in [6.45, 7) is 2.71. The fourth-order valence-corrected chi connectivity index (χ4v) is 3.80. The van der Waals surface area contributed by atoms with Gasteiger partial charge in [0, 0.05) is 23.2 Å². The van der Waals surface area contributed by atoms with Gasteiger partial charge < -0.3 is 9.84 Å². The Morgan fingerprint density at radius 1 is 1.00 bits per heavy atom. The maximum atomic E-state index is 13.2. The molecule has 3 heterocycles. The van der Waals surface area contributed by atoms with Crippen LogP contribution in [0.4, 0.5) is 0 Å². The highest BCUT2D eigenvalue weighted by Gasteiger charge is 2.16. The summed E-state index contributed by atoms with van der Waals surface area (Å²) in [4.78, 5) is 17.7. The summed E-state index contributed by atoms with van der Waals surface area (Å²) < 4.78 is 8.63. The van der Waals surface area contributed by atoms with E-state index in [1.807, 2.05) is 41.8 Å². The van der Waals surface area contributed by atoms with Gasteiger partial charge in [-0.2, -0.15) is 0 Å². The maximum absolute atomic E-state index is 13.2. The second kappa shape index (κ2) is 8.58. The van der Waals surface area contributed by atoms with Crippen LogP contribution in [0.3, 0.4) is 0 Å². The van der Waals surface area contributed by atoms with Gasteiger partial charge in [-0.25, -0.2) is 4.57 Å². The van der Waals surface area contributed by atoms with Gasteiger partial charge in [-0.05, 0) is 49.4 Å². The molecule has 0 saturated carbocycles. The van der Waals surface area contributed by atoms with E-state index in [1.54, 1.807) is 48.7 Å². The largest absolute Gasteiger partial charge is 0.494 e. The lowest BCUT2D eigenvalue weighted by molar-refractivity contribution is 0.340. The second-order valence-electron chi connectivity index (χ2n) is 7.37. The Morgan fingerprint density at radius 3 is 2.55 bits per heavy atom. The number of rotatable bonds is 6. The zero-order valence-electron chi connectivity index (χ0n) is 17.9. The van der Waals surface area contributed by atoms with E-state index in [0.717, 1.165) is 5.65 Å². The second-order valence-corrected chi connectivity index (χ2v) is 7.37. The molecule has 0 atom stereocenters. The minimum Gasteiger partial charge on any atom is -0.494 e. The van der Waals surface area contributed by atoms with Crippen molar-refractivity contribution in [2.75, 3.05) is 6.61 Å². The standard InChI is InChI=1S/C25H21N5O3/c1-2-33-18-12-10-17(11-13-18)30-24(31)20-8-4-3-7-19(20)21(25(30)32)15-26-16-23-28-27-22-9-5-6-14-29(22)23/h3-15,32H,2,16H2,1H3. The van der Waals surface area contributed by atoms with Gasteiger partial charge in [-0.15, -0.1) is 10.2 Å². The Bertz CT molecular complexity index is 1530. The third-order valence-corrected chi connectivity index (χ3v) is 5.35. The number of pyridine rings is 2. The van der Waals surface area contributed by atoms with E-state index in [1.165, 1.54) is 4.57 Å². The van der Waals surface area contributed by atoms with Crippen LogP contribution >= 0.6 is 0 Å². The Hall–Kier alpha value is -4.46. The fourth-order valence-electron chi connectivity index (χ4n) is 3.80. The number of ether oxygens (including phenoxy) is 1. The van der Waals surface area contributed by atoms with Crippen molar-refractivity contribution in [2.45, 2.75) is 13.5 Å². The van der Waals surface area contributed by atoms with Gasteiger partial charge in [0.2, 0.25) is 5.88 Å². The van der Waals surface area contributed by atoms with Crippen molar-refractivity contribution in [3.63, 3.8) is 0 Å². The number of aromatic hydroxyl groups is 1. The Balaban J connectivity index is 1.59. The monoisotopic (exact) mass is 439 g/mol. The van der Waals surface area contributed by atoms with Crippen LogP contribution in [0.15, 0.2) is 82.7 Å². The van der Waals surface area contributed by atoms with E-state index in [9.17, 15) is 9.90 Å². The number of aliphatic imine (C=N–C) groups is 1. The number of benzene rings is 2. The van der Waals surface area contributed by atoms with Crippen LogP contribution in [0.2, 0.25) is 0 Å². The molecule has 3 aromatic heterocycles. The first kappa shape index (κ1) is 20.4. The average molecular weight is 439 g/mol. The van der Waals surface area contributed by atoms with E-state index >= 15 is 0 Å². The normalized spacial score (nSPS) is 11.5. The van der Waals surface area contributed by atoms with E-state index in [0.29, 0.717) is 40.2 Å². The lowest BCUT2D eigenvalue weighted by Gasteiger charge is -2.14. The molecule has 0 bridgehead atoms. The summed E-state index contributed by atoms with van der Waals surface area (Å²) in [5.41, 5.74) is 1.41. The molecule has 0 saturated heterocycles. The molecule has 8 nitrogen and oxygen atoms in total. The molecule has 0 spiro atoms. The maximum Gasteiger partial charge on any atom is 0.265 e. The molecule has 0 aliphatic heterocycles. The predicted octanol–water partition coefficient (Wildman–Crippen LogP) is 3.76. The summed E-state index contributed by atoms with van der Waals surface area (Å²) in [5.74, 6) is 1.18. The Labute approximate surface area is 189 Å². The van der Waals surface area contributed by atoms with Crippen LogP contribution in [0.25, 0.3) is 22.1 Å². The van der Waals surface area contributed by atoms with E-state index in [-0.39, 0.29) is 18.0 Å². The van der Waals surface area contributed by atoms with Crippen molar-refractivity contribution in [3.8, 4) is 17.3 Å². The van der Waals surface area contributed by atoms with Crippen molar-refractivity contribution in [1.29, 1.82) is 0 Å². The van der Waals surface area contributed by atoms with Gasteiger partial charge in [-0.3, -0.25) is 14.2 Å². The Kier molecular flexibility index (Phi) is 5.32. The topological polar surface area (TPSA) is 94.0 Å². The summed E-state index contributed by atoms with van der Waals surface area (Å²) in [6.07, 6.45) is 3.45. The van der Waals surface area contributed by atoms with Crippen LogP contribution in [0, 0.1) is 0 Å². The number of hydrogen-bond donors (Lipinski definition) is 1. The molecule has 0 aliphatic rings.